The number of benzene rings is 3. The van der Waals surface area contributed by atoms with Crippen molar-refractivity contribution in [1.29, 1.82) is 5.26 Å². The van der Waals surface area contributed by atoms with Gasteiger partial charge in [-0.2, -0.15) is 15.0 Å². The summed E-state index contributed by atoms with van der Waals surface area (Å²) in [4.78, 5) is 18.3. The van der Waals surface area contributed by atoms with E-state index in [-0.39, 0.29) is 18.1 Å². The van der Waals surface area contributed by atoms with Gasteiger partial charge in [0.25, 0.3) is 5.56 Å². The van der Waals surface area contributed by atoms with Crippen molar-refractivity contribution in [2.45, 2.75) is 44.6 Å². The molecule has 5 rings (SSSR count). The molecule has 1 fully saturated rings. The number of halogens is 2. The Hall–Kier alpha value is -3.47. The molecule has 1 heterocycles. The second kappa shape index (κ2) is 11.3. The first-order valence-corrected chi connectivity index (χ1v) is 13.4. The van der Waals surface area contributed by atoms with Gasteiger partial charge in [0.05, 0.1) is 38.2 Å². The van der Waals surface area contributed by atoms with E-state index >= 15 is 0 Å². The molecule has 0 saturated heterocycles. The molecule has 37 heavy (non-hydrogen) atoms. The zero-order valence-electron chi connectivity index (χ0n) is 20.0. The summed E-state index contributed by atoms with van der Waals surface area (Å²) in [5.41, 5.74) is 2.56. The van der Waals surface area contributed by atoms with Gasteiger partial charge in [-0.3, -0.25) is 4.79 Å². The van der Waals surface area contributed by atoms with Gasteiger partial charge in [-0.15, -0.1) is 0 Å². The maximum Gasteiger partial charge on any atom is 0.282 e. The van der Waals surface area contributed by atoms with E-state index in [9.17, 15) is 10.1 Å². The first-order chi connectivity index (χ1) is 18.0. The second-order valence-corrected chi connectivity index (χ2v) is 10.3. The van der Waals surface area contributed by atoms with E-state index in [1.807, 2.05) is 42.5 Å². The highest BCUT2D eigenvalue weighted by Gasteiger charge is 2.22. The van der Waals surface area contributed by atoms with Crippen LogP contribution in [0, 0.1) is 11.3 Å². The lowest BCUT2D eigenvalue weighted by Crippen LogP contribution is -2.25. The lowest BCUT2D eigenvalue weighted by Gasteiger charge is -2.22. The average molecular weight is 576 g/mol. The van der Waals surface area contributed by atoms with Gasteiger partial charge in [-0.05, 0) is 64.7 Å². The standard InChI is InChI=1S/C29H24BrClN4O2/c30-24-14-19(15-25(31)27(24)37-18-22-11-5-4-10-21(22)16-32)17-33-35-28(20-8-2-1-3-9-20)34-26-13-7-6-12-23(26)29(35)36/h4-7,10-15,17,20H,1-3,8-9,18H2. The van der Waals surface area contributed by atoms with Crippen molar-refractivity contribution in [3.05, 3.63) is 103 Å². The molecule has 0 radical (unpaired) electrons. The number of nitriles is 1. The first-order valence-electron chi connectivity index (χ1n) is 12.2. The minimum atomic E-state index is -0.177. The van der Waals surface area contributed by atoms with Crippen molar-refractivity contribution in [3.8, 4) is 11.8 Å². The predicted molar refractivity (Wildman–Crippen MR) is 149 cm³/mol. The summed E-state index contributed by atoms with van der Waals surface area (Å²) < 4.78 is 8.03. The Morgan fingerprint density at radius 3 is 2.68 bits per heavy atom. The van der Waals surface area contributed by atoms with Crippen LogP contribution < -0.4 is 10.3 Å². The zero-order valence-corrected chi connectivity index (χ0v) is 22.4. The molecule has 0 spiro atoms. The molecule has 6 nitrogen and oxygen atoms in total. The maximum atomic E-state index is 13.4. The Morgan fingerprint density at radius 2 is 1.89 bits per heavy atom. The van der Waals surface area contributed by atoms with Crippen LogP contribution in [0.4, 0.5) is 0 Å². The third-order valence-corrected chi connectivity index (χ3v) is 7.47. The summed E-state index contributed by atoms with van der Waals surface area (Å²) in [7, 11) is 0. The lowest BCUT2D eigenvalue weighted by molar-refractivity contribution is 0.304. The van der Waals surface area contributed by atoms with Crippen LogP contribution in [0.1, 0.15) is 60.5 Å². The topological polar surface area (TPSA) is 80.3 Å². The van der Waals surface area contributed by atoms with Gasteiger partial charge in [0.15, 0.2) is 5.75 Å². The van der Waals surface area contributed by atoms with E-state index < -0.39 is 0 Å². The largest absolute Gasteiger partial charge is 0.486 e. The van der Waals surface area contributed by atoms with Crippen molar-refractivity contribution >= 4 is 44.6 Å². The molecule has 0 N–H and O–H groups in total. The number of fused-ring (bicyclic) bond motifs is 1. The van der Waals surface area contributed by atoms with Crippen LogP contribution in [0.5, 0.6) is 5.75 Å². The highest BCUT2D eigenvalue weighted by molar-refractivity contribution is 9.10. The van der Waals surface area contributed by atoms with Crippen molar-refractivity contribution in [2.24, 2.45) is 5.10 Å². The molecule has 3 aromatic carbocycles. The SMILES string of the molecule is N#Cc1ccccc1COc1c(Cl)cc(C=Nn2c(C3CCCCC3)nc3ccccc3c2=O)cc1Br. The summed E-state index contributed by atoms with van der Waals surface area (Å²) >= 11 is 10.1. The van der Waals surface area contributed by atoms with Crippen LogP contribution in [0.3, 0.4) is 0 Å². The number of rotatable bonds is 6. The molecule has 1 aromatic heterocycles. The smallest absolute Gasteiger partial charge is 0.282 e. The third kappa shape index (κ3) is 5.46. The molecule has 8 heteroatoms. The van der Waals surface area contributed by atoms with Gasteiger partial charge in [-0.25, -0.2) is 4.98 Å². The molecule has 0 amide bonds. The number of nitrogens with zero attached hydrogens (tertiary/aromatic N) is 4. The van der Waals surface area contributed by atoms with Crippen molar-refractivity contribution < 1.29 is 4.74 Å². The highest BCUT2D eigenvalue weighted by atomic mass is 79.9. The van der Waals surface area contributed by atoms with E-state index in [2.05, 4.69) is 27.1 Å². The van der Waals surface area contributed by atoms with E-state index in [0.29, 0.717) is 43.1 Å². The third-order valence-electron chi connectivity index (χ3n) is 6.60. The molecular formula is C29H24BrClN4O2. The highest BCUT2D eigenvalue weighted by Crippen LogP contribution is 2.35. The zero-order chi connectivity index (χ0) is 25.8. The first kappa shape index (κ1) is 25.2. The number of hydrogen-bond acceptors (Lipinski definition) is 5. The van der Waals surface area contributed by atoms with Gasteiger partial charge in [-0.1, -0.05) is 61.2 Å². The van der Waals surface area contributed by atoms with Gasteiger partial charge in [0.2, 0.25) is 0 Å². The minimum Gasteiger partial charge on any atom is -0.486 e. The van der Waals surface area contributed by atoms with Crippen LogP contribution in [0.25, 0.3) is 10.9 Å². The van der Waals surface area contributed by atoms with Crippen LogP contribution in [0.15, 0.2) is 75.0 Å². The molecule has 0 atom stereocenters. The lowest BCUT2D eigenvalue weighted by atomic mass is 9.88. The van der Waals surface area contributed by atoms with Crippen molar-refractivity contribution in [1.82, 2.24) is 9.66 Å². The Bertz CT molecular complexity index is 1560. The summed E-state index contributed by atoms with van der Waals surface area (Å²) in [6.45, 7) is 0.207. The van der Waals surface area contributed by atoms with Crippen molar-refractivity contribution in [3.63, 3.8) is 0 Å². The Kier molecular flexibility index (Phi) is 7.68. The van der Waals surface area contributed by atoms with Gasteiger partial charge >= 0.3 is 0 Å². The molecular weight excluding hydrogens is 552 g/mol. The van der Waals surface area contributed by atoms with E-state index in [1.165, 1.54) is 11.1 Å². The Balaban J connectivity index is 1.46. The normalized spacial score (nSPS) is 14.2. The molecule has 4 aromatic rings. The predicted octanol–water partition coefficient (Wildman–Crippen LogP) is 7.19. The molecule has 0 unspecified atom stereocenters. The van der Waals surface area contributed by atoms with Crippen LogP contribution in [0.2, 0.25) is 5.02 Å². The van der Waals surface area contributed by atoms with E-state index in [0.717, 1.165) is 31.2 Å². The minimum absolute atomic E-state index is 0.177. The van der Waals surface area contributed by atoms with Crippen LogP contribution in [-0.2, 0) is 6.61 Å². The summed E-state index contributed by atoms with van der Waals surface area (Å²) in [6, 6.07) is 20.4. The molecule has 0 bridgehead atoms. The number of aromatic nitrogens is 2. The fraction of sp³-hybridized carbons (Fsp3) is 0.241. The van der Waals surface area contributed by atoms with Crippen LogP contribution in [-0.4, -0.2) is 15.9 Å². The Labute approximate surface area is 228 Å². The molecule has 186 valence electrons. The van der Waals surface area contributed by atoms with Crippen LogP contribution >= 0.6 is 27.5 Å². The summed E-state index contributed by atoms with van der Waals surface area (Å²) in [5, 5.41) is 14.8. The fourth-order valence-electron chi connectivity index (χ4n) is 4.70. The average Bonchev–Trinajstić information content (AvgIpc) is 2.92. The Morgan fingerprint density at radius 1 is 1.14 bits per heavy atom. The molecule has 1 aliphatic carbocycles. The van der Waals surface area contributed by atoms with Gasteiger partial charge in [0.1, 0.15) is 12.4 Å². The fourth-order valence-corrected chi connectivity index (χ4v) is 5.69. The number of hydrogen-bond donors (Lipinski definition) is 0. The van der Waals surface area contributed by atoms with E-state index in [1.54, 1.807) is 24.4 Å². The molecule has 0 aliphatic heterocycles. The summed E-state index contributed by atoms with van der Waals surface area (Å²) in [6.07, 6.45) is 7.08. The van der Waals surface area contributed by atoms with Gasteiger partial charge < -0.3 is 4.74 Å². The number of para-hydroxylation sites is 1. The monoisotopic (exact) mass is 574 g/mol. The number of ether oxygens (including phenoxy) is 1. The maximum absolute atomic E-state index is 13.4. The quantitative estimate of drug-likeness (QED) is 0.228. The summed E-state index contributed by atoms with van der Waals surface area (Å²) in [5.74, 6) is 1.38. The van der Waals surface area contributed by atoms with Gasteiger partial charge in [0, 0.05) is 11.5 Å². The second-order valence-electron chi connectivity index (χ2n) is 9.05. The molecule has 1 saturated carbocycles. The van der Waals surface area contributed by atoms with E-state index in [4.69, 9.17) is 21.3 Å². The van der Waals surface area contributed by atoms with Crippen molar-refractivity contribution in [2.75, 3.05) is 0 Å². The molecule has 1 aliphatic rings.